The average Bonchev–Trinajstić information content (AvgIpc) is 3.20. The number of aromatic nitrogens is 2. The van der Waals surface area contributed by atoms with E-state index in [9.17, 15) is 9.59 Å². The fraction of sp³-hybridized carbons (Fsp3) is 0.158. The van der Waals surface area contributed by atoms with E-state index < -0.39 is 11.9 Å². The first-order valence-corrected chi connectivity index (χ1v) is 7.93. The number of nitrogens with zero attached hydrogens (tertiary/aromatic N) is 2. The highest BCUT2D eigenvalue weighted by Crippen LogP contribution is 2.20. The summed E-state index contributed by atoms with van der Waals surface area (Å²) in [6, 6.07) is 13.2. The zero-order valence-corrected chi connectivity index (χ0v) is 14.7. The number of carbonyl (C=O) groups excluding carboxylic acids is 2. The Hall–Kier alpha value is -3.68. The second-order valence-electron chi connectivity index (χ2n) is 5.39. The molecule has 138 valence electrons. The van der Waals surface area contributed by atoms with E-state index in [1.165, 1.54) is 19.2 Å². The molecular weight excluding hydrogens is 352 g/mol. The van der Waals surface area contributed by atoms with Gasteiger partial charge in [-0.25, -0.2) is 9.59 Å². The number of rotatable bonds is 6. The maximum Gasteiger partial charge on any atom is 0.338 e. The van der Waals surface area contributed by atoms with Gasteiger partial charge in [-0.1, -0.05) is 11.2 Å². The van der Waals surface area contributed by atoms with Gasteiger partial charge in [-0.2, -0.15) is 4.98 Å². The number of carbonyl (C=O) groups is 2. The standard InChI is InChI=1S/C19H16N2O6/c1-24-15-8-6-12(7-9-15)17-20-16(27-21-17)11-26-19(23)14-5-3-4-13(10-14)18(22)25-2/h3-10H,11H2,1-2H3. The van der Waals surface area contributed by atoms with Crippen LogP contribution >= 0.6 is 0 Å². The number of ether oxygens (including phenoxy) is 3. The SMILES string of the molecule is COC(=O)c1cccc(C(=O)OCc2nc(-c3ccc(OC)cc3)no2)c1. The van der Waals surface area contributed by atoms with E-state index in [0.29, 0.717) is 11.6 Å². The van der Waals surface area contributed by atoms with Gasteiger partial charge < -0.3 is 18.7 Å². The van der Waals surface area contributed by atoms with Gasteiger partial charge in [0.1, 0.15) is 5.75 Å². The van der Waals surface area contributed by atoms with E-state index in [1.807, 2.05) is 0 Å². The maximum atomic E-state index is 12.2. The Morgan fingerprint density at radius 3 is 2.37 bits per heavy atom. The summed E-state index contributed by atoms with van der Waals surface area (Å²) < 4.78 is 20.0. The first-order valence-electron chi connectivity index (χ1n) is 7.93. The number of hydrogen-bond acceptors (Lipinski definition) is 8. The van der Waals surface area contributed by atoms with Gasteiger partial charge >= 0.3 is 11.9 Å². The summed E-state index contributed by atoms with van der Waals surface area (Å²) in [4.78, 5) is 27.9. The highest BCUT2D eigenvalue weighted by molar-refractivity contribution is 5.95. The summed E-state index contributed by atoms with van der Waals surface area (Å²) in [6.45, 7) is -0.190. The Kier molecular flexibility index (Phi) is 5.46. The third-order valence-electron chi connectivity index (χ3n) is 3.66. The molecule has 0 N–H and O–H groups in total. The van der Waals surface area contributed by atoms with E-state index >= 15 is 0 Å². The molecule has 0 aliphatic rings. The molecule has 1 aromatic heterocycles. The van der Waals surface area contributed by atoms with E-state index in [1.54, 1.807) is 43.5 Å². The Morgan fingerprint density at radius 1 is 1.00 bits per heavy atom. The summed E-state index contributed by atoms with van der Waals surface area (Å²) >= 11 is 0. The molecule has 0 amide bonds. The van der Waals surface area contributed by atoms with Crippen LogP contribution in [0.5, 0.6) is 5.75 Å². The van der Waals surface area contributed by atoms with Crippen LogP contribution in [-0.2, 0) is 16.1 Å². The third kappa shape index (κ3) is 4.30. The van der Waals surface area contributed by atoms with E-state index in [-0.39, 0.29) is 23.6 Å². The van der Waals surface area contributed by atoms with Crippen LogP contribution < -0.4 is 4.74 Å². The summed E-state index contributed by atoms with van der Waals surface area (Å²) in [5.74, 6) is 0.0795. The van der Waals surface area contributed by atoms with Crippen molar-refractivity contribution >= 4 is 11.9 Å². The summed E-state index contributed by atoms with van der Waals surface area (Å²) in [6.07, 6.45) is 0. The quantitative estimate of drug-likeness (QED) is 0.612. The number of hydrogen-bond donors (Lipinski definition) is 0. The van der Waals surface area contributed by atoms with Crippen molar-refractivity contribution in [1.29, 1.82) is 0 Å². The van der Waals surface area contributed by atoms with Gasteiger partial charge in [-0.3, -0.25) is 0 Å². The molecular formula is C19H16N2O6. The van der Waals surface area contributed by atoms with Crippen LogP contribution in [0.1, 0.15) is 26.6 Å². The first-order chi connectivity index (χ1) is 13.1. The van der Waals surface area contributed by atoms with Gasteiger partial charge in [0.15, 0.2) is 6.61 Å². The fourth-order valence-corrected chi connectivity index (χ4v) is 2.27. The first kappa shape index (κ1) is 18.1. The van der Waals surface area contributed by atoms with Gasteiger partial charge in [0, 0.05) is 5.56 Å². The molecule has 0 saturated carbocycles. The molecule has 2 aromatic carbocycles. The predicted octanol–water partition coefficient (Wildman–Crippen LogP) is 2.89. The number of benzene rings is 2. The molecule has 0 unspecified atom stereocenters. The second kappa shape index (κ2) is 8.13. The maximum absolute atomic E-state index is 12.2. The van der Waals surface area contributed by atoms with Crippen molar-refractivity contribution in [2.24, 2.45) is 0 Å². The van der Waals surface area contributed by atoms with Crippen LogP contribution in [0.4, 0.5) is 0 Å². The van der Waals surface area contributed by atoms with Crippen molar-refractivity contribution in [2.45, 2.75) is 6.61 Å². The molecule has 0 atom stereocenters. The van der Waals surface area contributed by atoms with Crippen molar-refractivity contribution < 1.29 is 28.3 Å². The monoisotopic (exact) mass is 368 g/mol. The van der Waals surface area contributed by atoms with Gasteiger partial charge in [0.05, 0.1) is 25.3 Å². The van der Waals surface area contributed by atoms with Gasteiger partial charge in [-0.05, 0) is 42.5 Å². The van der Waals surface area contributed by atoms with Crippen molar-refractivity contribution in [3.8, 4) is 17.1 Å². The van der Waals surface area contributed by atoms with Crippen LogP contribution in [0.15, 0.2) is 53.1 Å². The lowest BCUT2D eigenvalue weighted by atomic mass is 10.1. The van der Waals surface area contributed by atoms with E-state index in [4.69, 9.17) is 14.0 Å². The zero-order chi connectivity index (χ0) is 19.2. The molecule has 3 rings (SSSR count). The smallest absolute Gasteiger partial charge is 0.338 e. The van der Waals surface area contributed by atoms with Crippen molar-refractivity contribution in [3.63, 3.8) is 0 Å². The highest BCUT2D eigenvalue weighted by Gasteiger charge is 2.14. The van der Waals surface area contributed by atoms with Gasteiger partial charge in [0.2, 0.25) is 5.82 Å². The van der Waals surface area contributed by atoms with Crippen LogP contribution in [-0.4, -0.2) is 36.3 Å². The summed E-state index contributed by atoms with van der Waals surface area (Å²) in [5.41, 5.74) is 1.21. The molecule has 1 heterocycles. The largest absolute Gasteiger partial charge is 0.497 e. The van der Waals surface area contributed by atoms with Crippen molar-refractivity contribution in [2.75, 3.05) is 14.2 Å². The van der Waals surface area contributed by atoms with E-state index in [2.05, 4.69) is 14.9 Å². The average molecular weight is 368 g/mol. The molecule has 0 aliphatic carbocycles. The predicted molar refractivity (Wildman–Crippen MR) is 93.2 cm³/mol. The zero-order valence-electron chi connectivity index (χ0n) is 14.7. The molecule has 0 saturated heterocycles. The van der Waals surface area contributed by atoms with Crippen LogP contribution in [0.25, 0.3) is 11.4 Å². The van der Waals surface area contributed by atoms with Crippen LogP contribution in [0.2, 0.25) is 0 Å². The molecule has 8 heteroatoms. The minimum Gasteiger partial charge on any atom is -0.497 e. The van der Waals surface area contributed by atoms with Gasteiger partial charge in [0.25, 0.3) is 5.89 Å². The Balaban J connectivity index is 1.64. The van der Waals surface area contributed by atoms with Gasteiger partial charge in [-0.15, -0.1) is 0 Å². The number of esters is 2. The lowest BCUT2D eigenvalue weighted by Crippen LogP contribution is -2.08. The Morgan fingerprint density at radius 2 is 1.70 bits per heavy atom. The molecule has 0 bridgehead atoms. The second-order valence-corrected chi connectivity index (χ2v) is 5.39. The molecule has 27 heavy (non-hydrogen) atoms. The summed E-state index contributed by atoms with van der Waals surface area (Å²) in [5, 5.41) is 3.86. The van der Waals surface area contributed by atoms with Crippen molar-refractivity contribution in [3.05, 3.63) is 65.5 Å². The van der Waals surface area contributed by atoms with E-state index in [0.717, 1.165) is 5.56 Å². The molecule has 0 spiro atoms. The van der Waals surface area contributed by atoms with Crippen LogP contribution in [0.3, 0.4) is 0 Å². The lowest BCUT2D eigenvalue weighted by Gasteiger charge is -2.04. The molecule has 0 aliphatic heterocycles. The number of methoxy groups -OCH3 is 2. The minimum absolute atomic E-state index is 0.151. The van der Waals surface area contributed by atoms with Crippen LogP contribution in [0, 0.1) is 0 Å². The van der Waals surface area contributed by atoms with Crippen molar-refractivity contribution in [1.82, 2.24) is 10.1 Å². The Bertz CT molecular complexity index is 949. The molecule has 0 radical (unpaired) electrons. The molecule has 3 aromatic rings. The molecule has 0 fully saturated rings. The summed E-state index contributed by atoms with van der Waals surface area (Å²) in [7, 11) is 2.85. The Labute approximate surface area is 154 Å². The lowest BCUT2D eigenvalue weighted by molar-refractivity contribution is 0.0430. The highest BCUT2D eigenvalue weighted by atomic mass is 16.6. The third-order valence-corrected chi connectivity index (χ3v) is 3.66. The topological polar surface area (TPSA) is 101 Å². The minimum atomic E-state index is -0.620. The fourth-order valence-electron chi connectivity index (χ4n) is 2.27. The normalized spacial score (nSPS) is 10.3. The molecule has 8 nitrogen and oxygen atoms in total.